The molecule has 0 aliphatic heterocycles. The van der Waals surface area contributed by atoms with Crippen LogP contribution in [0, 0.1) is 5.92 Å². The molecule has 2 N–H and O–H groups in total. The van der Waals surface area contributed by atoms with Crippen molar-refractivity contribution in [2.45, 2.75) is 19.9 Å². The summed E-state index contributed by atoms with van der Waals surface area (Å²) in [5.41, 5.74) is 0. The quantitative estimate of drug-likeness (QED) is 0.636. The van der Waals surface area contributed by atoms with Crippen LogP contribution in [0.4, 0.5) is 0 Å². The monoisotopic (exact) mass is 210 g/mol. The van der Waals surface area contributed by atoms with E-state index in [9.17, 15) is 8.42 Å². The number of aliphatic hydroxyl groups is 1. The highest BCUT2D eigenvalue weighted by molar-refractivity contribution is 7.87. The fourth-order valence-electron chi connectivity index (χ4n) is 0.681. The zero-order valence-electron chi connectivity index (χ0n) is 8.48. The van der Waals surface area contributed by atoms with Crippen LogP contribution in [0.5, 0.6) is 0 Å². The number of nitrogens with one attached hydrogen (secondary N) is 1. The van der Waals surface area contributed by atoms with E-state index in [0.717, 1.165) is 4.31 Å². The molecule has 0 fully saturated rings. The van der Waals surface area contributed by atoms with Crippen molar-refractivity contribution in [2.75, 3.05) is 20.7 Å². The van der Waals surface area contributed by atoms with Gasteiger partial charge in [-0.3, -0.25) is 0 Å². The SMILES string of the molecule is CC(C)[C@@H](CO)NS(=O)(=O)N(C)C. The lowest BCUT2D eigenvalue weighted by Gasteiger charge is -2.22. The van der Waals surface area contributed by atoms with Crippen molar-refractivity contribution in [3.05, 3.63) is 0 Å². The van der Waals surface area contributed by atoms with Crippen molar-refractivity contribution >= 4 is 10.2 Å². The summed E-state index contributed by atoms with van der Waals surface area (Å²) < 4.78 is 26.1. The predicted octanol–water partition coefficient (Wildman–Crippen LogP) is -0.601. The van der Waals surface area contributed by atoms with Gasteiger partial charge in [-0.15, -0.1) is 0 Å². The average Bonchev–Trinajstić information content (AvgIpc) is 1.99. The molecule has 0 spiro atoms. The summed E-state index contributed by atoms with van der Waals surface area (Å²) in [7, 11) is -0.548. The van der Waals surface area contributed by atoms with Gasteiger partial charge in [0.05, 0.1) is 6.61 Å². The molecule has 0 heterocycles. The van der Waals surface area contributed by atoms with E-state index in [2.05, 4.69) is 4.72 Å². The van der Waals surface area contributed by atoms with Crippen LogP contribution in [-0.2, 0) is 10.2 Å². The molecule has 0 saturated carbocycles. The lowest BCUT2D eigenvalue weighted by atomic mass is 10.1. The van der Waals surface area contributed by atoms with Crippen LogP contribution in [0.3, 0.4) is 0 Å². The maximum atomic E-state index is 11.3. The van der Waals surface area contributed by atoms with Crippen LogP contribution < -0.4 is 4.72 Å². The molecule has 0 unspecified atom stereocenters. The van der Waals surface area contributed by atoms with E-state index >= 15 is 0 Å². The molecule has 0 saturated heterocycles. The first-order valence-electron chi connectivity index (χ1n) is 4.12. The van der Waals surface area contributed by atoms with Crippen LogP contribution in [0.1, 0.15) is 13.8 Å². The highest BCUT2D eigenvalue weighted by Gasteiger charge is 2.21. The molecule has 0 aromatic carbocycles. The number of rotatable bonds is 5. The number of hydrogen-bond donors (Lipinski definition) is 2. The van der Waals surface area contributed by atoms with Gasteiger partial charge in [0.15, 0.2) is 0 Å². The van der Waals surface area contributed by atoms with E-state index in [1.807, 2.05) is 13.8 Å². The molecule has 0 rings (SSSR count). The molecule has 6 heteroatoms. The first kappa shape index (κ1) is 12.8. The summed E-state index contributed by atoms with van der Waals surface area (Å²) in [6.07, 6.45) is 0. The Morgan fingerprint density at radius 1 is 1.38 bits per heavy atom. The summed E-state index contributed by atoms with van der Waals surface area (Å²) in [5.74, 6) is 0.0692. The van der Waals surface area contributed by atoms with Crippen LogP contribution in [-0.4, -0.2) is 44.6 Å². The van der Waals surface area contributed by atoms with Crippen molar-refractivity contribution in [3.8, 4) is 0 Å². The second-order valence-corrected chi connectivity index (χ2v) is 5.35. The Kier molecular flexibility index (Phi) is 4.83. The Morgan fingerprint density at radius 3 is 2.08 bits per heavy atom. The Bertz CT molecular complexity index is 236. The van der Waals surface area contributed by atoms with Crippen molar-refractivity contribution in [1.29, 1.82) is 0 Å². The molecule has 0 bridgehead atoms. The molecule has 5 nitrogen and oxygen atoms in total. The van der Waals surface area contributed by atoms with E-state index in [1.54, 1.807) is 0 Å². The predicted molar refractivity (Wildman–Crippen MR) is 51.5 cm³/mol. The second-order valence-electron chi connectivity index (χ2n) is 3.44. The van der Waals surface area contributed by atoms with Crippen LogP contribution >= 0.6 is 0 Å². The van der Waals surface area contributed by atoms with Gasteiger partial charge in [-0.1, -0.05) is 13.8 Å². The van der Waals surface area contributed by atoms with Crippen molar-refractivity contribution in [2.24, 2.45) is 5.92 Å². The summed E-state index contributed by atoms with van der Waals surface area (Å²) in [6, 6.07) is -0.424. The number of hydrogen-bond acceptors (Lipinski definition) is 3. The molecule has 0 aliphatic rings. The van der Waals surface area contributed by atoms with Gasteiger partial charge in [0.1, 0.15) is 0 Å². The van der Waals surface area contributed by atoms with Gasteiger partial charge in [-0.2, -0.15) is 17.4 Å². The zero-order chi connectivity index (χ0) is 10.6. The van der Waals surface area contributed by atoms with Gasteiger partial charge >= 0.3 is 0 Å². The lowest BCUT2D eigenvalue weighted by Crippen LogP contribution is -2.46. The van der Waals surface area contributed by atoms with E-state index in [1.165, 1.54) is 14.1 Å². The minimum atomic E-state index is -3.43. The molecule has 80 valence electrons. The molecule has 0 aromatic rings. The van der Waals surface area contributed by atoms with Gasteiger partial charge < -0.3 is 5.11 Å². The molecule has 1 atom stereocenters. The fraction of sp³-hybridized carbons (Fsp3) is 1.00. The van der Waals surface area contributed by atoms with Gasteiger partial charge in [0.25, 0.3) is 10.2 Å². The molecular formula is C7H18N2O3S. The summed E-state index contributed by atoms with van der Waals surface area (Å²) in [4.78, 5) is 0. The van der Waals surface area contributed by atoms with E-state index in [-0.39, 0.29) is 12.5 Å². The standard InChI is InChI=1S/C7H18N2O3S/c1-6(2)7(5-10)8-13(11,12)9(3)4/h6-8,10H,5H2,1-4H3/t7-/m1/s1. The Labute approximate surface area is 79.9 Å². The normalized spacial score (nSPS) is 15.3. The minimum absolute atomic E-state index is 0.0692. The smallest absolute Gasteiger partial charge is 0.279 e. The van der Waals surface area contributed by atoms with E-state index in [4.69, 9.17) is 5.11 Å². The third-order valence-electron chi connectivity index (χ3n) is 1.78. The average molecular weight is 210 g/mol. The maximum Gasteiger partial charge on any atom is 0.279 e. The first-order valence-corrected chi connectivity index (χ1v) is 5.56. The molecular weight excluding hydrogens is 192 g/mol. The van der Waals surface area contributed by atoms with Crippen LogP contribution in [0.15, 0.2) is 0 Å². The van der Waals surface area contributed by atoms with Crippen LogP contribution in [0.25, 0.3) is 0 Å². The Hall–Kier alpha value is -0.170. The Morgan fingerprint density at radius 2 is 1.85 bits per heavy atom. The summed E-state index contributed by atoms with van der Waals surface area (Å²) in [6.45, 7) is 3.50. The van der Waals surface area contributed by atoms with Crippen molar-refractivity contribution in [1.82, 2.24) is 9.03 Å². The highest BCUT2D eigenvalue weighted by Crippen LogP contribution is 2.03. The highest BCUT2D eigenvalue weighted by atomic mass is 32.2. The first-order chi connectivity index (χ1) is 5.81. The molecule has 0 aromatic heterocycles. The van der Waals surface area contributed by atoms with Crippen LogP contribution in [0.2, 0.25) is 0 Å². The van der Waals surface area contributed by atoms with E-state index in [0.29, 0.717) is 0 Å². The van der Waals surface area contributed by atoms with Gasteiger partial charge in [0, 0.05) is 20.1 Å². The second kappa shape index (κ2) is 4.90. The van der Waals surface area contributed by atoms with Crippen molar-refractivity contribution in [3.63, 3.8) is 0 Å². The third kappa shape index (κ3) is 4.04. The molecule has 13 heavy (non-hydrogen) atoms. The molecule has 0 amide bonds. The maximum absolute atomic E-state index is 11.3. The largest absolute Gasteiger partial charge is 0.395 e. The number of nitrogens with zero attached hydrogens (tertiary/aromatic N) is 1. The Balaban J connectivity index is 4.41. The summed E-state index contributed by atoms with van der Waals surface area (Å²) in [5, 5.41) is 8.90. The summed E-state index contributed by atoms with van der Waals surface area (Å²) >= 11 is 0. The third-order valence-corrected chi connectivity index (χ3v) is 3.34. The van der Waals surface area contributed by atoms with Gasteiger partial charge in [-0.05, 0) is 5.92 Å². The van der Waals surface area contributed by atoms with Crippen molar-refractivity contribution < 1.29 is 13.5 Å². The van der Waals surface area contributed by atoms with Gasteiger partial charge in [-0.25, -0.2) is 0 Å². The number of aliphatic hydroxyl groups excluding tert-OH is 1. The minimum Gasteiger partial charge on any atom is -0.395 e. The molecule has 0 radical (unpaired) electrons. The topological polar surface area (TPSA) is 69.6 Å². The van der Waals surface area contributed by atoms with Gasteiger partial charge in [0.2, 0.25) is 0 Å². The fourth-order valence-corrected chi connectivity index (χ4v) is 1.62. The zero-order valence-corrected chi connectivity index (χ0v) is 9.30. The lowest BCUT2D eigenvalue weighted by molar-refractivity contribution is 0.226. The molecule has 0 aliphatic carbocycles. The van der Waals surface area contributed by atoms with E-state index < -0.39 is 16.3 Å².